The fraction of sp³-hybridized carbons (Fsp3) is 0.240. The number of carboxylic acids is 1. The SMILES string of the molecule is CCCCCCc1cc(-c2ccc(-c3cc(CCCCCC)c(/C=C(\C#N)C(=O)O)s3)c3nsnc23)sc1/C=C/c1ccc(N(c2ccccc2)c2ccccc2)cc1. The molecule has 0 saturated heterocycles. The van der Waals surface area contributed by atoms with E-state index in [2.05, 4.69) is 128 Å². The number of anilines is 3. The van der Waals surface area contributed by atoms with Crippen molar-refractivity contribution in [2.24, 2.45) is 0 Å². The number of aromatic nitrogens is 2. The number of fused-ring (bicyclic) bond motifs is 1. The maximum absolute atomic E-state index is 11.8. The van der Waals surface area contributed by atoms with Crippen molar-refractivity contribution in [3.63, 3.8) is 0 Å². The standard InChI is InChI=1S/C50H48N4O2S3/c1-3-5-7-11-17-36-31-46(57-44(36)30-25-35-23-26-41(27-24-35)54(39-19-13-9-14-20-39)40-21-15-10-16-22-40)42-28-29-43(49-48(42)52-59-53-49)47-32-37(18-12-8-6-4-2)45(58-47)33-38(34-51)50(55)56/h9-10,13-16,19-33H,3-8,11-12,17-18H2,1-2H3,(H,55,56)/b30-25+,38-33+. The van der Waals surface area contributed by atoms with Crippen LogP contribution in [0.3, 0.4) is 0 Å². The molecule has 298 valence electrons. The van der Waals surface area contributed by atoms with Gasteiger partial charge in [-0.3, -0.25) is 0 Å². The van der Waals surface area contributed by atoms with Crippen LogP contribution in [0.4, 0.5) is 17.1 Å². The van der Waals surface area contributed by atoms with Gasteiger partial charge in [0, 0.05) is 47.7 Å². The Labute approximate surface area is 359 Å². The van der Waals surface area contributed by atoms with Crippen LogP contribution >= 0.6 is 34.4 Å². The summed E-state index contributed by atoms with van der Waals surface area (Å²) in [6.45, 7) is 4.44. The Bertz CT molecular complexity index is 2540. The average Bonchev–Trinajstić information content (AvgIpc) is 4.02. The molecule has 0 fully saturated rings. The van der Waals surface area contributed by atoms with E-state index in [0.717, 1.165) is 105 Å². The number of carboxylic acid groups (broad SMARTS) is 1. The molecule has 6 nitrogen and oxygen atoms in total. The smallest absolute Gasteiger partial charge is 0.346 e. The van der Waals surface area contributed by atoms with Gasteiger partial charge in [0.1, 0.15) is 22.7 Å². The summed E-state index contributed by atoms with van der Waals surface area (Å²) in [4.78, 5) is 18.3. The van der Waals surface area contributed by atoms with Crippen molar-refractivity contribution in [1.82, 2.24) is 8.75 Å². The van der Waals surface area contributed by atoms with E-state index >= 15 is 0 Å². The second-order valence-electron chi connectivity index (χ2n) is 14.7. The van der Waals surface area contributed by atoms with Gasteiger partial charge < -0.3 is 10.0 Å². The molecule has 0 amide bonds. The lowest BCUT2D eigenvalue weighted by Crippen LogP contribution is -2.09. The Morgan fingerprint density at radius 2 is 1.17 bits per heavy atom. The van der Waals surface area contributed by atoms with Crippen molar-refractivity contribution < 1.29 is 9.90 Å². The molecule has 0 bridgehead atoms. The Hall–Kier alpha value is -5.66. The number of aliphatic carboxylic acids is 1. The second kappa shape index (κ2) is 20.3. The summed E-state index contributed by atoms with van der Waals surface area (Å²) in [6, 6.07) is 40.4. The molecule has 7 rings (SSSR count). The first-order valence-corrected chi connectivity index (χ1v) is 22.9. The van der Waals surface area contributed by atoms with E-state index in [-0.39, 0.29) is 5.57 Å². The third kappa shape index (κ3) is 10.1. The van der Waals surface area contributed by atoms with Crippen LogP contribution in [0.25, 0.3) is 50.1 Å². The van der Waals surface area contributed by atoms with Crippen LogP contribution in [-0.2, 0) is 17.6 Å². The van der Waals surface area contributed by atoms with Gasteiger partial charge in [-0.15, -0.1) is 22.7 Å². The molecule has 1 N–H and O–H groups in total. The van der Waals surface area contributed by atoms with E-state index in [9.17, 15) is 15.2 Å². The minimum absolute atomic E-state index is 0.258. The minimum atomic E-state index is -1.21. The van der Waals surface area contributed by atoms with E-state index in [1.54, 1.807) is 11.3 Å². The number of rotatable bonds is 19. The number of carbonyl (C=O) groups is 1. The van der Waals surface area contributed by atoms with Crippen molar-refractivity contribution in [2.75, 3.05) is 4.90 Å². The van der Waals surface area contributed by atoms with Crippen molar-refractivity contribution >= 4 is 86.7 Å². The number of nitrogens with zero attached hydrogens (tertiary/aromatic N) is 4. The normalized spacial score (nSPS) is 11.7. The molecular formula is C50H48N4O2S3. The zero-order valence-corrected chi connectivity index (χ0v) is 36.0. The zero-order chi connectivity index (χ0) is 41.0. The molecule has 3 heterocycles. The fourth-order valence-corrected chi connectivity index (χ4v) is 10.2. The molecule has 4 aromatic carbocycles. The van der Waals surface area contributed by atoms with Crippen LogP contribution in [0.1, 0.15) is 91.7 Å². The van der Waals surface area contributed by atoms with Gasteiger partial charge in [0.25, 0.3) is 0 Å². The predicted octanol–water partition coefficient (Wildman–Crippen LogP) is 15.0. The van der Waals surface area contributed by atoms with Crippen LogP contribution in [0.5, 0.6) is 0 Å². The number of unbranched alkanes of at least 4 members (excludes halogenated alkanes) is 6. The fourth-order valence-electron chi connectivity index (χ4n) is 7.33. The van der Waals surface area contributed by atoms with Crippen molar-refractivity contribution in [3.8, 4) is 27.0 Å². The summed E-state index contributed by atoms with van der Waals surface area (Å²) < 4.78 is 9.65. The van der Waals surface area contributed by atoms with Crippen molar-refractivity contribution in [2.45, 2.75) is 78.1 Å². The molecular weight excluding hydrogens is 785 g/mol. The summed E-state index contributed by atoms with van der Waals surface area (Å²) in [7, 11) is 0. The number of hydrogen-bond acceptors (Lipinski definition) is 8. The highest BCUT2D eigenvalue weighted by Crippen LogP contribution is 2.43. The molecule has 0 radical (unpaired) electrons. The number of para-hydroxylation sites is 2. The third-order valence-corrected chi connectivity index (χ3v) is 13.3. The molecule has 59 heavy (non-hydrogen) atoms. The van der Waals surface area contributed by atoms with Crippen LogP contribution < -0.4 is 4.90 Å². The summed E-state index contributed by atoms with van der Waals surface area (Å²) in [6.07, 6.45) is 17.1. The molecule has 0 saturated carbocycles. The van der Waals surface area contributed by atoms with Crippen LogP contribution in [0.2, 0.25) is 0 Å². The Balaban J connectivity index is 1.20. The highest BCUT2D eigenvalue weighted by Gasteiger charge is 2.20. The molecule has 0 atom stereocenters. The quantitative estimate of drug-likeness (QED) is 0.0496. The van der Waals surface area contributed by atoms with Gasteiger partial charge in [-0.2, -0.15) is 14.0 Å². The lowest BCUT2D eigenvalue weighted by atomic mass is 10.0. The minimum Gasteiger partial charge on any atom is -0.477 e. The van der Waals surface area contributed by atoms with E-state index in [1.807, 2.05) is 18.2 Å². The maximum Gasteiger partial charge on any atom is 0.346 e. The van der Waals surface area contributed by atoms with Crippen molar-refractivity contribution in [3.05, 3.63) is 141 Å². The molecule has 0 aliphatic rings. The second-order valence-corrected chi connectivity index (χ2v) is 17.3. The van der Waals surface area contributed by atoms with Gasteiger partial charge in [-0.05, 0) is 103 Å². The van der Waals surface area contributed by atoms with Gasteiger partial charge in [-0.1, -0.05) is 119 Å². The number of thiophene rings is 2. The molecule has 3 aromatic heterocycles. The molecule has 0 aliphatic heterocycles. The van der Waals surface area contributed by atoms with Crippen LogP contribution in [0, 0.1) is 11.3 Å². The molecule has 7 aromatic rings. The zero-order valence-electron chi connectivity index (χ0n) is 33.6. The largest absolute Gasteiger partial charge is 0.477 e. The Morgan fingerprint density at radius 3 is 1.68 bits per heavy atom. The molecule has 0 unspecified atom stereocenters. The third-order valence-electron chi connectivity index (χ3n) is 10.5. The van der Waals surface area contributed by atoms with E-state index < -0.39 is 5.97 Å². The summed E-state index contributed by atoms with van der Waals surface area (Å²) >= 11 is 4.53. The van der Waals surface area contributed by atoms with Crippen LogP contribution in [0.15, 0.2) is 115 Å². The van der Waals surface area contributed by atoms with Gasteiger partial charge >= 0.3 is 5.97 Å². The topological polar surface area (TPSA) is 90.1 Å². The number of hydrogen-bond donors (Lipinski definition) is 1. The van der Waals surface area contributed by atoms with Gasteiger partial charge in [-0.25, -0.2) is 4.79 Å². The van der Waals surface area contributed by atoms with E-state index in [1.165, 1.54) is 63.7 Å². The number of benzene rings is 4. The van der Waals surface area contributed by atoms with Crippen LogP contribution in [-0.4, -0.2) is 19.8 Å². The highest BCUT2D eigenvalue weighted by molar-refractivity contribution is 7.17. The number of aryl methyl sites for hydroxylation is 2. The maximum atomic E-state index is 11.8. The van der Waals surface area contributed by atoms with E-state index in [0.29, 0.717) is 0 Å². The summed E-state index contributed by atoms with van der Waals surface area (Å²) in [5.41, 5.74) is 10.4. The summed E-state index contributed by atoms with van der Waals surface area (Å²) in [5, 5.41) is 19.2. The van der Waals surface area contributed by atoms with E-state index in [4.69, 9.17) is 8.75 Å². The Kier molecular flexibility index (Phi) is 14.3. The van der Waals surface area contributed by atoms with Gasteiger partial charge in [0.05, 0.1) is 11.7 Å². The average molecular weight is 833 g/mol. The van der Waals surface area contributed by atoms with Gasteiger partial charge in [0.2, 0.25) is 0 Å². The first-order valence-electron chi connectivity index (χ1n) is 20.5. The molecule has 0 aliphatic carbocycles. The first kappa shape index (κ1) is 41.5. The first-order chi connectivity index (χ1) is 29.0. The predicted molar refractivity (Wildman–Crippen MR) is 251 cm³/mol. The lowest BCUT2D eigenvalue weighted by Gasteiger charge is -2.25. The monoisotopic (exact) mass is 832 g/mol. The molecule has 0 spiro atoms. The lowest BCUT2D eigenvalue weighted by molar-refractivity contribution is -0.132. The van der Waals surface area contributed by atoms with Gasteiger partial charge in [0.15, 0.2) is 0 Å². The molecule has 9 heteroatoms. The Morgan fingerprint density at radius 1 is 0.661 bits per heavy atom. The highest BCUT2D eigenvalue weighted by atomic mass is 32.1. The van der Waals surface area contributed by atoms with Crippen molar-refractivity contribution in [1.29, 1.82) is 5.26 Å². The number of nitriles is 1. The summed E-state index contributed by atoms with van der Waals surface area (Å²) in [5.74, 6) is -1.21.